The summed E-state index contributed by atoms with van der Waals surface area (Å²) in [5.74, 6) is 0.194. The normalized spacial score (nSPS) is 19.0. The summed E-state index contributed by atoms with van der Waals surface area (Å²) < 4.78 is 20.2. The van der Waals surface area contributed by atoms with Crippen LogP contribution in [0, 0.1) is 5.82 Å². The zero-order valence-electron chi connectivity index (χ0n) is 16.4. The zero-order valence-corrected chi connectivity index (χ0v) is 16.4. The van der Waals surface area contributed by atoms with Gasteiger partial charge in [0.25, 0.3) is 5.91 Å². The van der Waals surface area contributed by atoms with E-state index < -0.39 is 11.7 Å². The molecule has 0 aliphatic carbocycles. The molecule has 1 aromatic carbocycles. The molecule has 29 heavy (non-hydrogen) atoms. The molecule has 3 aromatic rings. The van der Waals surface area contributed by atoms with Crippen LogP contribution in [0.25, 0.3) is 11.0 Å². The van der Waals surface area contributed by atoms with Gasteiger partial charge in [-0.2, -0.15) is 4.98 Å². The van der Waals surface area contributed by atoms with Gasteiger partial charge in [0.05, 0.1) is 29.6 Å². The maximum atomic E-state index is 14.7. The van der Waals surface area contributed by atoms with Gasteiger partial charge in [-0.05, 0) is 18.2 Å². The number of carbonyl (C=O) groups is 1. The van der Waals surface area contributed by atoms with Gasteiger partial charge in [0.15, 0.2) is 5.82 Å². The Kier molecular flexibility index (Phi) is 5.01. The molecule has 4 rings (SSSR count). The van der Waals surface area contributed by atoms with Gasteiger partial charge < -0.3 is 24.8 Å². The predicted molar refractivity (Wildman–Crippen MR) is 107 cm³/mol. The summed E-state index contributed by atoms with van der Waals surface area (Å²) in [5.41, 5.74) is 0.641. The van der Waals surface area contributed by atoms with Crippen LogP contribution >= 0.6 is 0 Å². The highest BCUT2D eigenvalue weighted by Gasteiger charge is 2.35. The van der Waals surface area contributed by atoms with Crippen LogP contribution < -0.4 is 15.1 Å². The Morgan fingerprint density at radius 1 is 1.31 bits per heavy atom. The van der Waals surface area contributed by atoms with Crippen molar-refractivity contribution >= 4 is 28.7 Å². The van der Waals surface area contributed by atoms with E-state index in [-0.39, 0.29) is 23.2 Å². The van der Waals surface area contributed by atoms with Crippen LogP contribution in [0.5, 0.6) is 0 Å². The number of nitrogens with zero attached hydrogens (tertiary/aromatic N) is 5. The Bertz CT molecular complexity index is 1040. The van der Waals surface area contributed by atoms with Gasteiger partial charge >= 0.3 is 0 Å². The van der Waals surface area contributed by atoms with Crippen molar-refractivity contribution < 1.29 is 13.9 Å². The fourth-order valence-electron chi connectivity index (χ4n) is 3.46. The van der Waals surface area contributed by atoms with Crippen LogP contribution in [0.3, 0.4) is 0 Å². The molecule has 1 fully saturated rings. The first kappa shape index (κ1) is 19.1. The minimum Gasteiger partial charge on any atom is -0.377 e. The zero-order chi connectivity index (χ0) is 20.5. The molecule has 0 unspecified atom stereocenters. The van der Waals surface area contributed by atoms with E-state index in [1.165, 1.54) is 12.4 Å². The molecule has 0 radical (unpaired) electrons. The topological polar surface area (TPSA) is 99.3 Å². The molecule has 0 bridgehead atoms. The van der Waals surface area contributed by atoms with Gasteiger partial charge in [0.2, 0.25) is 5.95 Å². The van der Waals surface area contributed by atoms with Crippen molar-refractivity contribution in [3.63, 3.8) is 0 Å². The number of imidazole rings is 1. The van der Waals surface area contributed by atoms with Gasteiger partial charge in [0.1, 0.15) is 11.3 Å². The Balaban J connectivity index is 1.52. The summed E-state index contributed by atoms with van der Waals surface area (Å²) in [6.07, 6.45) is 2.84. The lowest BCUT2D eigenvalue weighted by molar-refractivity contribution is 0.0779. The van der Waals surface area contributed by atoms with Gasteiger partial charge in [-0.3, -0.25) is 4.79 Å². The molecule has 9 nitrogen and oxygen atoms in total. The lowest BCUT2D eigenvalue weighted by atomic mass is 10.1. The maximum Gasteiger partial charge on any atom is 0.254 e. The highest BCUT2D eigenvalue weighted by molar-refractivity contribution is 5.98. The minimum absolute atomic E-state index is 0.0465. The Morgan fingerprint density at radius 3 is 2.90 bits per heavy atom. The average Bonchev–Trinajstić information content (AvgIpc) is 3.35. The van der Waals surface area contributed by atoms with Crippen LogP contribution in [0.15, 0.2) is 30.7 Å². The van der Waals surface area contributed by atoms with Crippen molar-refractivity contribution in [3.05, 3.63) is 42.1 Å². The molecule has 1 saturated heterocycles. The van der Waals surface area contributed by atoms with E-state index in [0.29, 0.717) is 24.6 Å². The number of nitrogens with one attached hydrogen (secondary N) is 2. The molecular weight excluding hydrogens is 377 g/mol. The molecular formula is C19H22FN7O2. The molecule has 1 amide bonds. The van der Waals surface area contributed by atoms with E-state index in [0.717, 1.165) is 5.82 Å². The van der Waals surface area contributed by atoms with E-state index in [4.69, 9.17) is 4.74 Å². The average molecular weight is 399 g/mol. The number of halogens is 1. The number of H-pyrrole nitrogens is 1. The molecule has 0 saturated carbocycles. The van der Waals surface area contributed by atoms with Crippen LogP contribution in [-0.4, -0.2) is 72.3 Å². The SMILES string of the molecule is CO[C@@H]1CN(c2ccnc(N(C)C)n2)C[C@@H]1NC(=O)c1ccc2[nH]cnc2c1F. The van der Waals surface area contributed by atoms with E-state index in [1.807, 2.05) is 30.0 Å². The summed E-state index contributed by atoms with van der Waals surface area (Å²) in [6.45, 7) is 1.03. The largest absolute Gasteiger partial charge is 0.377 e. The van der Waals surface area contributed by atoms with Gasteiger partial charge in [-0.1, -0.05) is 0 Å². The van der Waals surface area contributed by atoms with E-state index in [2.05, 4.69) is 25.3 Å². The predicted octanol–water partition coefficient (Wildman–Crippen LogP) is 1.19. The highest BCUT2D eigenvalue weighted by atomic mass is 19.1. The molecule has 2 aromatic heterocycles. The Morgan fingerprint density at radius 2 is 2.14 bits per heavy atom. The number of ether oxygens (including phenoxy) is 1. The smallest absolute Gasteiger partial charge is 0.254 e. The lowest BCUT2D eigenvalue weighted by Gasteiger charge is -2.19. The Hall–Kier alpha value is -3.27. The number of rotatable bonds is 5. The number of methoxy groups -OCH3 is 1. The second-order valence-corrected chi connectivity index (χ2v) is 7.09. The molecule has 152 valence electrons. The third kappa shape index (κ3) is 3.58. The third-order valence-corrected chi connectivity index (χ3v) is 5.01. The molecule has 10 heteroatoms. The van der Waals surface area contributed by atoms with Crippen molar-refractivity contribution in [2.75, 3.05) is 44.1 Å². The van der Waals surface area contributed by atoms with Crippen molar-refractivity contribution in [2.45, 2.75) is 12.1 Å². The second-order valence-electron chi connectivity index (χ2n) is 7.09. The minimum atomic E-state index is -0.642. The van der Waals surface area contributed by atoms with Gasteiger partial charge in [-0.25, -0.2) is 14.4 Å². The van der Waals surface area contributed by atoms with Gasteiger partial charge in [-0.15, -0.1) is 0 Å². The van der Waals surface area contributed by atoms with Crippen LogP contribution in [0.4, 0.5) is 16.2 Å². The summed E-state index contributed by atoms with van der Waals surface area (Å²) in [5, 5.41) is 2.89. The number of aromatic amines is 1. The first-order valence-electron chi connectivity index (χ1n) is 9.18. The second kappa shape index (κ2) is 7.63. The van der Waals surface area contributed by atoms with Crippen LogP contribution in [0.1, 0.15) is 10.4 Å². The number of amides is 1. The lowest BCUT2D eigenvalue weighted by Crippen LogP contribution is -2.43. The molecule has 2 N–H and O–H groups in total. The van der Waals surface area contributed by atoms with Crippen molar-refractivity contribution in [2.24, 2.45) is 0 Å². The van der Waals surface area contributed by atoms with Crippen molar-refractivity contribution in [1.29, 1.82) is 0 Å². The number of carbonyl (C=O) groups excluding carboxylic acids is 1. The fraction of sp³-hybridized carbons (Fsp3) is 0.368. The van der Waals surface area contributed by atoms with Crippen molar-refractivity contribution in [3.8, 4) is 0 Å². The molecule has 1 aliphatic heterocycles. The number of hydrogen-bond acceptors (Lipinski definition) is 7. The van der Waals surface area contributed by atoms with Gasteiger partial charge in [0, 0.05) is 40.5 Å². The monoisotopic (exact) mass is 399 g/mol. The highest BCUT2D eigenvalue weighted by Crippen LogP contribution is 2.23. The summed E-state index contributed by atoms with van der Waals surface area (Å²) in [4.78, 5) is 32.1. The first-order chi connectivity index (χ1) is 14.0. The van der Waals surface area contributed by atoms with Crippen LogP contribution in [-0.2, 0) is 4.74 Å². The summed E-state index contributed by atoms with van der Waals surface area (Å²) in [6, 6.07) is 4.58. The summed E-state index contributed by atoms with van der Waals surface area (Å²) >= 11 is 0. The molecule has 1 aliphatic rings. The van der Waals surface area contributed by atoms with E-state index in [9.17, 15) is 9.18 Å². The number of aromatic nitrogens is 4. The van der Waals surface area contributed by atoms with E-state index in [1.54, 1.807) is 19.4 Å². The number of anilines is 2. The molecule has 3 heterocycles. The number of fused-ring (bicyclic) bond motifs is 1. The number of benzene rings is 1. The Labute approximate surface area is 166 Å². The third-order valence-electron chi connectivity index (χ3n) is 5.01. The number of hydrogen-bond donors (Lipinski definition) is 2. The maximum absolute atomic E-state index is 14.7. The standard InChI is InChI=1S/C19H22FN7O2/c1-26(2)19-21-7-6-15(25-19)27-8-13(14(9-27)29-3)24-18(28)11-4-5-12-17(16(11)20)23-10-22-12/h4-7,10,13-14H,8-9H2,1-3H3,(H,22,23)(H,24,28)/t13-,14+/m0/s1. The van der Waals surface area contributed by atoms with Crippen molar-refractivity contribution in [1.82, 2.24) is 25.3 Å². The van der Waals surface area contributed by atoms with Crippen LogP contribution in [0.2, 0.25) is 0 Å². The molecule has 2 atom stereocenters. The first-order valence-corrected chi connectivity index (χ1v) is 9.18. The summed E-state index contributed by atoms with van der Waals surface area (Å²) in [7, 11) is 5.33. The fourth-order valence-corrected chi connectivity index (χ4v) is 3.46. The molecule has 0 spiro atoms. The van der Waals surface area contributed by atoms with E-state index >= 15 is 0 Å². The quantitative estimate of drug-likeness (QED) is 0.665.